The van der Waals surface area contributed by atoms with Crippen molar-refractivity contribution in [1.82, 2.24) is 5.32 Å². The van der Waals surface area contributed by atoms with Gasteiger partial charge in [-0.2, -0.15) is 0 Å². The number of benzene rings is 2. The first-order chi connectivity index (χ1) is 12.5. The Labute approximate surface area is 156 Å². The van der Waals surface area contributed by atoms with Crippen LogP contribution in [0.1, 0.15) is 21.5 Å². The summed E-state index contributed by atoms with van der Waals surface area (Å²) in [6.07, 6.45) is 0. The molecule has 0 fully saturated rings. The van der Waals surface area contributed by atoms with Gasteiger partial charge >= 0.3 is 0 Å². The van der Waals surface area contributed by atoms with Crippen molar-refractivity contribution >= 4 is 21.6 Å². The minimum Gasteiger partial charge on any atom is -0.346 e. The number of carbonyl (C=O) groups is 1. The Balaban J connectivity index is 2.08. The average Bonchev–Trinajstić information content (AvgIpc) is 2.62. The fourth-order valence-electron chi connectivity index (χ4n) is 2.17. The van der Waals surface area contributed by atoms with Crippen LogP contribution in [-0.2, 0) is 10.0 Å². The van der Waals surface area contributed by atoms with Gasteiger partial charge in [0.2, 0.25) is 0 Å². The van der Waals surface area contributed by atoms with Crippen LogP contribution in [0.25, 0.3) is 0 Å². The summed E-state index contributed by atoms with van der Waals surface area (Å²) in [4.78, 5) is 12.0. The summed E-state index contributed by atoms with van der Waals surface area (Å²) in [6, 6.07) is 10.2. The van der Waals surface area contributed by atoms with Gasteiger partial charge in [-0.1, -0.05) is 6.07 Å². The quantitative estimate of drug-likeness (QED) is 0.668. The highest BCUT2D eigenvalue weighted by molar-refractivity contribution is 7.92. The average molecular weight is 397 g/mol. The second kappa shape index (κ2) is 8.01. The van der Waals surface area contributed by atoms with Crippen LogP contribution in [0, 0.1) is 13.8 Å². The number of sulfonamides is 1. The minimum absolute atomic E-state index is 0.122. The molecule has 0 unspecified atom stereocenters. The fraction of sp³-hybridized carbons (Fsp3) is 0.278. The summed E-state index contributed by atoms with van der Waals surface area (Å²) < 4.78 is 53.5. The molecule has 0 saturated carbocycles. The van der Waals surface area contributed by atoms with E-state index in [-0.39, 0.29) is 16.1 Å². The molecule has 4 N–H and O–H groups in total. The van der Waals surface area contributed by atoms with Crippen molar-refractivity contribution in [2.45, 2.75) is 24.7 Å². The van der Waals surface area contributed by atoms with E-state index >= 15 is 0 Å². The zero-order valence-electron chi connectivity index (χ0n) is 14.9. The van der Waals surface area contributed by atoms with E-state index in [2.05, 4.69) is 10.0 Å². The van der Waals surface area contributed by atoms with Gasteiger partial charge in [0.25, 0.3) is 21.9 Å². The van der Waals surface area contributed by atoms with E-state index in [0.717, 1.165) is 11.1 Å². The van der Waals surface area contributed by atoms with E-state index in [1.807, 2.05) is 13.8 Å². The van der Waals surface area contributed by atoms with Crippen molar-refractivity contribution in [1.29, 1.82) is 0 Å². The molecule has 0 atom stereocenters. The van der Waals surface area contributed by atoms with Gasteiger partial charge in [0.05, 0.1) is 18.0 Å². The lowest BCUT2D eigenvalue weighted by Crippen LogP contribution is -2.41. The first kappa shape index (κ1) is 20.8. The third-order valence-corrected chi connectivity index (χ3v) is 5.37. The number of carbonyl (C=O) groups excluding carboxylic acids is 1. The highest BCUT2D eigenvalue weighted by Gasteiger charge is 2.27. The van der Waals surface area contributed by atoms with Gasteiger partial charge in [0.15, 0.2) is 0 Å². The van der Waals surface area contributed by atoms with Crippen molar-refractivity contribution in [3.63, 3.8) is 0 Å². The summed E-state index contributed by atoms with van der Waals surface area (Å²) in [5.74, 6) is -3.89. The van der Waals surface area contributed by atoms with Crippen LogP contribution in [0.3, 0.4) is 0 Å². The number of aryl methyl sites for hydroxylation is 2. The normalized spacial score (nSPS) is 11.9. The van der Waals surface area contributed by atoms with E-state index in [9.17, 15) is 22.0 Å². The van der Waals surface area contributed by atoms with E-state index in [0.29, 0.717) is 0 Å². The predicted octanol–water partition coefficient (Wildman–Crippen LogP) is 2.43. The lowest BCUT2D eigenvalue weighted by atomic mass is 10.1. The molecule has 2 aromatic rings. The molecule has 1 amide bonds. The van der Waals surface area contributed by atoms with E-state index in [1.165, 1.54) is 30.3 Å². The standard InChI is InChI=1S/C18H21F2N3O3S/c1-12-3-8-16(9-13(12)2)27(25,26)23-15-6-4-14(5-7-15)17(24)22-11-18(19,20)10-21/h3-9,23H,10-11,21H2,1-2H3,(H,22,24). The van der Waals surface area contributed by atoms with Crippen LogP contribution >= 0.6 is 0 Å². The Kier molecular flexibility index (Phi) is 6.17. The number of hydrogen-bond donors (Lipinski definition) is 3. The summed E-state index contributed by atoms with van der Waals surface area (Å²) in [7, 11) is -3.78. The number of anilines is 1. The molecule has 6 nitrogen and oxygen atoms in total. The number of halogens is 2. The first-order valence-electron chi connectivity index (χ1n) is 8.10. The van der Waals surface area contributed by atoms with E-state index in [4.69, 9.17) is 5.73 Å². The number of amides is 1. The molecule has 0 aliphatic carbocycles. The lowest BCUT2D eigenvalue weighted by molar-refractivity contribution is 0.0118. The fourth-order valence-corrected chi connectivity index (χ4v) is 3.31. The monoisotopic (exact) mass is 397 g/mol. The molecule has 0 aliphatic heterocycles. The second-order valence-electron chi connectivity index (χ2n) is 6.17. The molecule has 9 heteroatoms. The molecule has 0 spiro atoms. The summed E-state index contributed by atoms with van der Waals surface area (Å²) >= 11 is 0. The van der Waals surface area contributed by atoms with Crippen LogP contribution in [0.5, 0.6) is 0 Å². The lowest BCUT2D eigenvalue weighted by Gasteiger charge is -2.14. The Morgan fingerprint density at radius 3 is 2.26 bits per heavy atom. The van der Waals surface area contributed by atoms with Crippen LogP contribution in [0.15, 0.2) is 47.4 Å². The highest BCUT2D eigenvalue weighted by atomic mass is 32.2. The molecule has 0 aliphatic rings. The smallest absolute Gasteiger partial charge is 0.277 e. The summed E-state index contributed by atoms with van der Waals surface area (Å²) in [6.45, 7) is 1.96. The van der Waals surface area contributed by atoms with Gasteiger partial charge in [0, 0.05) is 11.3 Å². The summed E-state index contributed by atoms with van der Waals surface area (Å²) in [5.41, 5.74) is 7.10. The maximum atomic E-state index is 13.1. The number of nitrogens with two attached hydrogens (primary N) is 1. The van der Waals surface area contributed by atoms with Crippen molar-refractivity contribution in [2.24, 2.45) is 5.73 Å². The van der Waals surface area contributed by atoms with Crippen LogP contribution in [-0.4, -0.2) is 33.3 Å². The van der Waals surface area contributed by atoms with Gasteiger partial charge in [0.1, 0.15) is 0 Å². The Hall–Kier alpha value is -2.52. The topological polar surface area (TPSA) is 101 Å². The molecule has 0 saturated heterocycles. The van der Waals surface area contributed by atoms with Crippen LogP contribution in [0.4, 0.5) is 14.5 Å². The third kappa shape index (κ3) is 5.48. The molecular weight excluding hydrogens is 376 g/mol. The number of nitrogens with one attached hydrogen (secondary N) is 2. The van der Waals surface area contributed by atoms with Gasteiger partial charge in [-0.25, -0.2) is 17.2 Å². The molecule has 2 rings (SSSR count). The maximum absolute atomic E-state index is 13.1. The molecule has 0 heterocycles. The summed E-state index contributed by atoms with van der Waals surface area (Å²) in [5, 5.41) is 2.09. The Bertz CT molecular complexity index is 929. The molecule has 2 aromatic carbocycles. The first-order valence-corrected chi connectivity index (χ1v) is 9.59. The van der Waals surface area contributed by atoms with Crippen molar-refractivity contribution in [3.05, 3.63) is 59.2 Å². The molecule has 0 aromatic heterocycles. The van der Waals surface area contributed by atoms with Crippen molar-refractivity contribution in [2.75, 3.05) is 17.8 Å². The maximum Gasteiger partial charge on any atom is 0.277 e. The molecule has 0 bridgehead atoms. The number of hydrogen-bond acceptors (Lipinski definition) is 4. The molecule has 27 heavy (non-hydrogen) atoms. The zero-order valence-corrected chi connectivity index (χ0v) is 15.7. The zero-order chi connectivity index (χ0) is 20.2. The minimum atomic E-state index is -3.78. The van der Waals surface area contributed by atoms with Gasteiger partial charge in [-0.05, 0) is 61.4 Å². The Morgan fingerprint density at radius 1 is 1.07 bits per heavy atom. The second-order valence-corrected chi connectivity index (χ2v) is 7.85. The SMILES string of the molecule is Cc1ccc(S(=O)(=O)Nc2ccc(C(=O)NCC(F)(F)CN)cc2)cc1C. The number of rotatable bonds is 7. The predicted molar refractivity (Wildman–Crippen MR) is 99.5 cm³/mol. The van der Waals surface area contributed by atoms with Crippen LogP contribution < -0.4 is 15.8 Å². The van der Waals surface area contributed by atoms with Crippen molar-refractivity contribution in [3.8, 4) is 0 Å². The third-order valence-electron chi connectivity index (χ3n) is 3.99. The van der Waals surface area contributed by atoms with Crippen molar-refractivity contribution < 1.29 is 22.0 Å². The van der Waals surface area contributed by atoms with Gasteiger partial charge < -0.3 is 11.1 Å². The largest absolute Gasteiger partial charge is 0.346 e. The van der Waals surface area contributed by atoms with E-state index < -0.39 is 34.9 Å². The number of alkyl halides is 2. The van der Waals surface area contributed by atoms with E-state index in [1.54, 1.807) is 12.1 Å². The molecular formula is C18H21F2N3O3S. The molecule has 146 valence electrons. The molecule has 0 radical (unpaired) electrons. The van der Waals surface area contributed by atoms with Crippen LogP contribution in [0.2, 0.25) is 0 Å². The van der Waals surface area contributed by atoms with Gasteiger partial charge in [-0.3, -0.25) is 9.52 Å². The highest BCUT2D eigenvalue weighted by Crippen LogP contribution is 2.19. The van der Waals surface area contributed by atoms with Gasteiger partial charge in [-0.15, -0.1) is 0 Å². The Morgan fingerprint density at radius 2 is 1.70 bits per heavy atom.